The molecule has 4 aromatic rings. The molecule has 212 valence electrons. The number of rotatable bonds is 8. The van der Waals surface area contributed by atoms with Crippen molar-refractivity contribution in [3.8, 4) is 22.8 Å². The first-order chi connectivity index (χ1) is 19.8. The average molecular weight is 614 g/mol. The fourth-order valence-electron chi connectivity index (χ4n) is 4.64. The van der Waals surface area contributed by atoms with Crippen molar-refractivity contribution in [3.63, 3.8) is 0 Å². The number of nitrogens with zero attached hydrogens (tertiary/aromatic N) is 2. The van der Waals surface area contributed by atoms with Crippen LogP contribution in [-0.4, -0.2) is 30.9 Å². The molecule has 0 bridgehead atoms. The van der Waals surface area contributed by atoms with Crippen LogP contribution in [0.3, 0.4) is 0 Å². The molecule has 5 rings (SSSR count). The van der Waals surface area contributed by atoms with Crippen LogP contribution in [0.15, 0.2) is 74.0 Å². The molecule has 0 fully saturated rings. The normalized spacial score (nSPS) is 15.0. The van der Waals surface area contributed by atoms with Crippen molar-refractivity contribution in [3.05, 3.63) is 101 Å². The van der Waals surface area contributed by atoms with Gasteiger partial charge in [-0.15, -0.1) is 0 Å². The number of benzene rings is 2. The van der Waals surface area contributed by atoms with Gasteiger partial charge in [-0.1, -0.05) is 46.7 Å². The van der Waals surface area contributed by atoms with Crippen LogP contribution >= 0.6 is 34.5 Å². The van der Waals surface area contributed by atoms with Gasteiger partial charge in [0.25, 0.3) is 5.56 Å². The van der Waals surface area contributed by atoms with E-state index in [9.17, 15) is 9.59 Å². The van der Waals surface area contributed by atoms with Crippen LogP contribution in [-0.2, 0) is 9.53 Å². The molecule has 0 aliphatic carbocycles. The molecule has 0 amide bonds. The lowest BCUT2D eigenvalue weighted by Gasteiger charge is -2.25. The predicted molar refractivity (Wildman–Crippen MR) is 159 cm³/mol. The summed E-state index contributed by atoms with van der Waals surface area (Å²) in [4.78, 5) is 32.2. The summed E-state index contributed by atoms with van der Waals surface area (Å²) >= 11 is 13.7. The Morgan fingerprint density at radius 2 is 1.93 bits per heavy atom. The zero-order valence-electron chi connectivity index (χ0n) is 22.7. The third kappa shape index (κ3) is 5.45. The van der Waals surface area contributed by atoms with Gasteiger partial charge in [-0.2, -0.15) is 0 Å². The van der Waals surface area contributed by atoms with Crippen molar-refractivity contribution in [2.45, 2.75) is 26.8 Å². The Kier molecular flexibility index (Phi) is 8.40. The SMILES string of the molecule is CCOC(=O)C1=C(C)N=c2s/c(=C\c3ccc(-c4cccc(Cl)c4Cl)o3)c(=O)n2C1c1ccc(OC)c(OCC)c1. The topological polar surface area (TPSA) is 92.3 Å². The Morgan fingerprint density at radius 1 is 1.12 bits per heavy atom. The molecule has 1 aliphatic rings. The molecule has 1 unspecified atom stereocenters. The molecule has 0 radical (unpaired) electrons. The molecule has 41 heavy (non-hydrogen) atoms. The second-order valence-electron chi connectivity index (χ2n) is 8.95. The molecule has 3 heterocycles. The fraction of sp³-hybridized carbons (Fsp3) is 0.233. The Bertz CT molecular complexity index is 1850. The largest absolute Gasteiger partial charge is 0.493 e. The van der Waals surface area contributed by atoms with E-state index in [2.05, 4.69) is 4.99 Å². The lowest BCUT2D eigenvalue weighted by molar-refractivity contribution is -0.139. The summed E-state index contributed by atoms with van der Waals surface area (Å²) in [5.74, 6) is 1.44. The minimum atomic E-state index is -0.796. The van der Waals surface area contributed by atoms with Crippen LogP contribution in [0.5, 0.6) is 11.5 Å². The molecule has 0 spiro atoms. The van der Waals surface area contributed by atoms with Gasteiger partial charge in [0.2, 0.25) is 0 Å². The van der Waals surface area contributed by atoms with Gasteiger partial charge in [-0.25, -0.2) is 9.79 Å². The van der Waals surface area contributed by atoms with Crippen molar-refractivity contribution in [2.75, 3.05) is 20.3 Å². The van der Waals surface area contributed by atoms with Gasteiger partial charge in [-0.3, -0.25) is 9.36 Å². The molecule has 0 saturated heterocycles. The smallest absolute Gasteiger partial charge is 0.338 e. The Morgan fingerprint density at radius 3 is 2.66 bits per heavy atom. The maximum absolute atomic E-state index is 13.9. The molecule has 0 saturated carbocycles. The molecule has 1 atom stereocenters. The first-order valence-corrected chi connectivity index (χ1v) is 14.4. The number of thiazole rings is 1. The standard InChI is InChI=1S/C30H26Cl2N2O6S/c1-5-38-23-14-17(10-12-22(23)37-4)27-25(29(36)39-6-2)16(3)33-30-34(27)28(35)24(41-30)15-18-11-13-21(40-18)19-8-7-9-20(31)26(19)32/h7-15,27H,5-6H2,1-4H3/b24-15-. The minimum absolute atomic E-state index is 0.178. The van der Waals surface area contributed by atoms with E-state index in [1.807, 2.05) is 6.92 Å². The lowest BCUT2D eigenvalue weighted by atomic mass is 9.95. The van der Waals surface area contributed by atoms with Crippen LogP contribution in [0.1, 0.15) is 38.1 Å². The summed E-state index contributed by atoms with van der Waals surface area (Å²) < 4.78 is 24.5. The number of carbonyl (C=O) groups excluding carboxylic acids is 1. The van der Waals surface area contributed by atoms with Gasteiger partial charge in [0.1, 0.15) is 11.5 Å². The third-order valence-electron chi connectivity index (χ3n) is 6.44. The molecule has 11 heteroatoms. The maximum atomic E-state index is 13.9. The number of halogens is 2. The number of allylic oxidation sites excluding steroid dienone is 1. The number of ether oxygens (including phenoxy) is 3. The van der Waals surface area contributed by atoms with Crippen molar-refractivity contribution >= 4 is 46.6 Å². The number of hydrogen-bond acceptors (Lipinski definition) is 8. The molecule has 8 nitrogen and oxygen atoms in total. The van der Waals surface area contributed by atoms with Gasteiger partial charge < -0.3 is 18.6 Å². The molecular weight excluding hydrogens is 587 g/mol. The van der Waals surface area contributed by atoms with E-state index >= 15 is 0 Å². The summed E-state index contributed by atoms with van der Waals surface area (Å²) in [5, 5.41) is 0.788. The van der Waals surface area contributed by atoms with E-state index in [1.54, 1.807) is 75.6 Å². The van der Waals surface area contributed by atoms with Crippen molar-refractivity contribution in [1.82, 2.24) is 4.57 Å². The van der Waals surface area contributed by atoms with E-state index in [1.165, 1.54) is 15.9 Å². The summed E-state index contributed by atoms with van der Waals surface area (Å²) in [6.45, 7) is 5.91. The summed E-state index contributed by atoms with van der Waals surface area (Å²) in [7, 11) is 1.55. The van der Waals surface area contributed by atoms with Gasteiger partial charge >= 0.3 is 5.97 Å². The van der Waals surface area contributed by atoms with Crippen LogP contribution in [0.25, 0.3) is 17.4 Å². The highest BCUT2D eigenvalue weighted by Gasteiger charge is 2.34. The number of furan rings is 1. The number of aromatic nitrogens is 1. The second kappa shape index (κ2) is 12.0. The maximum Gasteiger partial charge on any atom is 0.338 e. The molecule has 2 aromatic carbocycles. The van der Waals surface area contributed by atoms with Crippen molar-refractivity contribution < 1.29 is 23.4 Å². The van der Waals surface area contributed by atoms with Crippen molar-refractivity contribution in [1.29, 1.82) is 0 Å². The zero-order chi connectivity index (χ0) is 29.3. The first-order valence-electron chi connectivity index (χ1n) is 12.8. The molecule has 0 N–H and O–H groups in total. The third-order valence-corrected chi connectivity index (χ3v) is 8.24. The lowest BCUT2D eigenvalue weighted by Crippen LogP contribution is -2.39. The van der Waals surface area contributed by atoms with Gasteiger partial charge in [0.05, 0.1) is 52.2 Å². The van der Waals surface area contributed by atoms with Crippen LogP contribution in [0.2, 0.25) is 10.0 Å². The quantitative estimate of drug-likeness (QED) is 0.234. The van der Waals surface area contributed by atoms with Gasteiger partial charge in [-0.05, 0) is 62.7 Å². The highest BCUT2D eigenvalue weighted by atomic mass is 35.5. The first kappa shape index (κ1) is 28.7. The van der Waals surface area contributed by atoms with Crippen LogP contribution < -0.4 is 24.4 Å². The minimum Gasteiger partial charge on any atom is -0.493 e. The fourth-order valence-corrected chi connectivity index (χ4v) is 6.06. The second-order valence-corrected chi connectivity index (χ2v) is 10.7. The summed E-state index contributed by atoms with van der Waals surface area (Å²) in [6.07, 6.45) is 1.64. The highest BCUT2D eigenvalue weighted by Crippen LogP contribution is 2.37. The van der Waals surface area contributed by atoms with Crippen LogP contribution in [0.4, 0.5) is 0 Å². The predicted octanol–water partition coefficient (Wildman–Crippen LogP) is 5.77. The number of hydrogen-bond donors (Lipinski definition) is 0. The Balaban J connectivity index is 1.66. The van der Waals surface area contributed by atoms with E-state index in [0.717, 1.165) is 0 Å². The molecule has 1 aliphatic heterocycles. The summed E-state index contributed by atoms with van der Waals surface area (Å²) in [5.41, 5.74) is 1.69. The van der Waals surface area contributed by atoms with Crippen molar-refractivity contribution in [2.24, 2.45) is 4.99 Å². The number of methoxy groups -OCH3 is 1. The highest BCUT2D eigenvalue weighted by molar-refractivity contribution is 7.07. The molecular formula is C30H26Cl2N2O6S. The molecule has 2 aromatic heterocycles. The number of esters is 1. The average Bonchev–Trinajstić information content (AvgIpc) is 3.53. The van der Waals surface area contributed by atoms with E-state index < -0.39 is 12.0 Å². The van der Waals surface area contributed by atoms with Gasteiger partial charge in [0, 0.05) is 11.6 Å². The Hall–Kier alpha value is -3.79. The number of fused-ring (bicyclic) bond motifs is 1. The van der Waals surface area contributed by atoms with E-state index in [0.29, 0.717) is 65.8 Å². The van der Waals surface area contributed by atoms with Crippen LogP contribution in [0, 0.1) is 0 Å². The van der Waals surface area contributed by atoms with E-state index in [4.69, 9.17) is 41.8 Å². The summed E-state index contributed by atoms with van der Waals surface area (Å²) in [6, 6.07) is 13.3. The van der Waals surface area contributed by atoms with Gasteiger partial charge in [0.15, 0.2) is 16.3 Å². The van der Waals surface area contributed by atoms with E-state index in [-0.39, 0.29) is 17.7 Å². The number of carbonyl (C=O) groups is 1. The Labute approximate surface area is 249 Å². The zero-order valence-corrected chi connectivity index (χ0v) is 25.0. The monoisotopic (exact) mass is 612 g/mol.